The van der Waals surface area contributed by atoms with Gasteiger partial charge in [0, 0.05) is 12.8 Å². The number of aliphatic imine (C=N–C) groups is 1. The minimum atomic E-state index is -0.671. The Morgan fingerprint density at radius 3 is 2.56 bits per heavy atom. The average Bonchev–Trinajstić information content (AvgIpc) is 3.45. The van der Waals surface area contributed by atoms with Gasteiger partial charge in [-0.2, -0.15) is 10.1 Å². The zero-order chi connectivity index (χ0) is 25.2. The third-order valence-electron chi connectivity index (χ3n) is 5.99. The predicted octanol–water partition coefficient (Wildman–Crippen LogP) is 5.97. The van der Waals surface area contributed by atoms with Crippen LogP contribution in [0.25, 0.3) is 0 Å². The Kier molecular flexibility index (Phi) is 6.89. The van der Waals surface area contributed by atoms with Gasteiger partial charge in [-0.25, -0.2) is 9.40 Å². The fraction of sp³-hybridized carbons (Fsp3) is 0.185. The molecule has 6 nitrogen and oxygen atoms in total. The fourth-order valence-corrected chi connectivity index (χ4v) is 5.33. The highest BCUT2D eigenvalue weighted by Crippen LogP contribution is 2.38. The summed E-state index contributed by atoms with van der Waals surface area (Å²) in [5.74, 6) is -1.04. The zero-order valence-corrected chi connectivity index (χ0v) is 20.9. The number of anilines is 1. The molecule has 9 heteroatoms. The molecule has 0 radical (unpaired) electrons. The number of para-hydroxylation sites is 1. The van der Waals surface area contributed by atoms with E-state index in [0.717, 1.165) is 22.4 Å². The fourth-order valence-electron chi connectivity index (χ4n) is 4.09. The number of hydrogen-bond acceptors (Lipinski definition) is 5. The number of hydrogen-bond donors (Lipinski definition) is 1. The molecule has 36 heavy (non-hydrogen) atoms. The highest BCUT2D eigenvalue weighted by atomic mass is 35.5. The molecule has 5 rings (SSSR count). The Hall–Kier alpha value is -3.49. The standard InChI is InChI=1S/C27H22ClFN4O2S/c1-16-6-8-17(9-7-16)22-14-23(18-10-12-19(29)13-11-18)33(32-22)27-31-26(35)24(36-27)15-25(34)30-21-5-3-2-4-20(21)28/h2-13,23-24H,14-15H2,1H3,(H,30,34)/t23-,24+/m0/s1. The minimum Gasteiger partial charge on any atom is -0.325 e. The molecule has 2 aliphatic heterocycles. The topological polar surface area (TPSA) is 74.1 Å². The number of carbonyl (C=O) groups is 2. The molecular formula is C27H22ClFN4O2S. The zero-order valence-electron chi connectivity index (χ0n) is 19.3. The number of carbonyl (C=O) groups excluding carboxylic acids is 2. The molecule has 0 aliphatic carbocycles. The molecule has 0 fully saturated rings. The van der Waals surface area contributed by atoms with E-state index < -0.39 is 5.25 Å². The van der Waals surface area contributed by atoms with Crippen molar-refractivity contribution in [2.75, 3.05) is 5.32 Å². The van der Waals surface area contributed by atoms with Crippen LogP contribution in [0.15, 0.2) is 82.9 Å². The molecule has 0 saturated heterocycles. The molecule has 2 aliphatic rings. The van der Waals surface area contributed by atoms with Crippen LogP contribution in [-0.2, 0) is 9.59 Å². The molecule has 0 spiro atoms. The van der Waals surface area contributed by atoms with Crippen molar-refractivity contribution < 1.29 is 14.0 Å². The average molecular weight is 521 g/mol. The van der Waals surface area contributed by atoms with E-state index in [-0.39, 0.29) is 30.1 Å². The minimum absolute atomic E-state index is 0.0503. The van der Waals surface area contributed by atoms with Crippen LogP contribution in [-0.4, -0.2) is 33.0 Å². The van der Waals surface area contributed by atoms with Crippen LogP contribution in [0.4, 0.5) is 10.1 Å². The maximum absolute atomic E-state index is 13.6. The lowest BCUT2D eigenvalue weighted by atomic mass is 9.98. The number of benzene rings is 3. The molecule has 1 N–H and O–H groups in total. The third kappa shape index (κ3) is 5.20. The SMILES string of the molecule is Cc1ccc(C2=NN(C3=NC(=O)[C@@H](CC(=O)Nc4ccccc4Cl)S3)[C@H](c3ccc(F)cc3)C2)cc1. The molecule has 2 amide bonds. The van der Waals surface area contributed by atoms with Gasteiger partial charge in [0.2, 0.25) is 5.91 Å². The van der Waals surface area contributed by atoms with E-state index in [1.54, 1.807) is 41.4 Å². The van der Waals surface area contributed by atoms with Crippen molar-refractivity contribution in [3.05, 3.63) is 100 Å². The first-order valence-corrected chi connectivity index (χ1v) is 12.7. The molecule has 182 valence electrons. The van der Waals surface area contributed by atoms with Crippen molar-refractivity contribution in [3.8, 4) is 0 Å². The summed E-state index contributed by atoms with van der Waals surface area (Å²) in [4.78, 5) is 29.6. The van der Waals surface area contributed by atoms with E-state index in [1.165, 1.54) is 23.9 Å². The van der Waals surface area contributed by atoms with Crippen LogP contribution in [0.1, 0.15) is 35.6 Å². The molecule has 2 heterocycles. The summed E-state index contributed by atoms with van der Waals surface area (Å²) >= 11 is 7.34. The van der Waals surface area contributed by atoms with Gasteiger partial charge in [0.25, 0.3) is 5.91 Å². The quantitative estimate of drug-likeness (QED) is 0.450. The molecule has 3 aromatic carbocycles. The maximum Gasteiger partial charge on any atom is 0.262 e. The summed E-state index contributed by atoms with van der Waals surface area (Å²) in [6.07, 6.45) is 0.519. The monoisotopic (exact) mass is 520 g/mol. The van der Waals surface area contributed by atoms with Gasteiger partial charge in [-0.1, -0.05) is 77.5 Å². The lowest BCUT2D eigenvalue weighted by Crippen LogP contribution is -2.25. The van der Waals surface area contributed by atoms with Gasteiger partial charge in [-0.3, -0.25) is 9.59 Å². The van der Waals surface area contributed by atoms with Crippen LogP contribution >= 0.6 is 23.4 Å². The number of hydrazone groups is 1. The second kappa shape index (κ2) is 10.2. The van der Waals surface area contributed by atoms with E-state index in [0.29, 0.717) is 22.3 Å². The Bertz CT molecular complexity index is 1380. The largest absolute Gasteiger partial charge is 0.325 e. The van der Waals surface area contributed by atoms with Crippen molar-refractivity contribution in [2.45, 2.75) is 31.1 Å². The van der Waals surface area contributed by atoms with Gasteiger partial charge >= 0.3 is 0 Å². The van der Waals surface area contributed by atoms with Crippen LogP contribution in [0, 0.1) is 12.7 Å². The van der Waals surface area contributed by atoms with Crippen molar-refractivity contribution >= 4 is 51.7 Å². The third-order valence-corrected chi connectivity index (χ3v) is 7.47. The van der Waals surface area contributed by atoms with Gasteiger partial charge in [0.15, 0.2) is 5.17 Å². The molecule has 0 saturated carbocycles. The van der Waals surface area contributed by atoms with Crippen molar-refractivity contribution in [3.63, 3.8) is 0 Å². The highest BCUT2D eigenvalue weighted by molar-refractivity contribution is 8.15. The number of amides is 2. The first kappa shape index (κ1) is 24.2. The summed E-state index contributed by atoms with van der Waals surface area (Å²) in [6, 6.07) is 21.0. The van der Waals surface area contributed by atoms with Crippen LogP contribution in [0.3, 0.4) is 0 Å². The number of halogens is 2. The second-order valence-electron chi connectivity index (χ2n) is 8.60. The van der Waals surface area contributed by atoms with Crippen molar-refractivity contribution in [2.24, 2.45) is 10.1 Å². The van der Waals surface area contributed by atoms with Crippen LogP contribution in [0.5, 0.6) is 0 Å². The van der Waals surface area contributed by atoms with E-state index in [2.05, 4.69) is 10.3 Å². The van der Waals surface area contributed by atoms with Crippen molar-refractivity contribution in [1.82, 2.24) is 5.01 Å². The summed E-state index contributed by atoms with van der Waals surface area (Å²) in [6.45, 7) is 2.02. The highest BCUT2D eigenvalue weighted by Gasteiger charge is 2.39. The van der Waals surface area contributed by atoms with E-state index >= 15 is 0 Å². The summed E-state index contributed by atoms with van der Waals surface area (Å²) < 4.78 is 13.6. The number of aryl methyl sites for hydroxylation is 1. The second-order valence-corrected chi connectivity index (χ2v) is 10.2. The van der Waals surface area contributed by atoms with Gasteiger partial charge in [0.05, 0.1) is 22.5 Å². The van der Waals surface area contributed by atoms with E-state index in [9.17, 15) is 14.0 Å². The lowest BCUT2D eigenvalue weighted by Gasteiger charge is -2.23. The Morgan fingerprint density at radius 2 is 1.83 bits per heavy atom. The predicted molar refractivity (Wildman–Crippen MR) is 142 cm³/mol. The summed E-state index contributed by atoms with van der Waals surface area (Å²) in [7, 11) is 0. The number of nitrogens with zero attached hydrogens (tertiary/aromatic N) is 3. The molecule has 2 atom stereocenters. The molecule has 0 aromatic heterocycles. The number of thioether (sulfide) groups is 1. The molecular weight excluding hydrogens is 499 g/mol. The van der Waals surface area contributed by atoms with Gasteiger partial charge in [-0.05, 0) is 42.3 Å². The Morgan fingerprint density at radius 1 is 1.11 bits per heavy atom. The molecule has 3 aromatic rings. The van der Waals surface area contributed by atoms with Crippen molar-refractivity contribution in [1.29, 1.82) is 0 Å². The first-order chi connectivity index (χ1) is 17.4. The van der Waals surface area contributed by atoms with Crippen LogP contribution < -0.4 is 5.32 Å². The number of amidine groups is 1. The normalized spacial score (nSPS) is 19.3. The Balaban J connectivity index is 1.36. The Labute approximate surface area is 217 Å². The summed E-state index contributed by atoms with van der Waals surface area (Å²) in [5, 5.41) is 9.46. The maximum atomic E-state index is 13.6. The lowest BCUT2D eigenvalue weighted by molar-refractivity contribution is -0.121. The molecule has 0 unspecified atom stereocenters. The number of rotatable bonds is 5. The number of nitrogens with one attached hydrogen (secondary N) is 1. The van der Waals surface area contributed by atoms with Crippen LogP contribution in [0.2, 0.25) is 5.02 Å². The first-order valence-electron chi connectivity index (χ1n) is 11.4. The molecule has 0 bridgehead atoms. The van der Waals surface area contributed by atoms with E-state index in [4.69, 9.17) is 16.7 Å². The summed E-state index contributed by atoms with van der Waals surface area (Å²) in [5.41, 5.74) is 4.31. The van der Waals surface area contributed by atoms with Gasteiger partial charge in [0.1, 0.15) is 11.1 Å². The smallest absolute Gasteiger partial charge is 0.262 e. The van der Waals surface area contributed by atoms with E-state index in [1.807, 2.05) is 31.2 Å². The van der Waals surface area contributed by atoms with Gasteiger partial charge < -0.3 is 5.32 Å². The van der Waals surface area contributed by atoms with Gasteiger partial charge in [-0.15, -0.1) is 0 Å².